The minimum Gasteiger partial charge on any atom is -0.464 e. The number of halogens is 1. The van der Waals surface area contributed by atoms with Crippen LogP contribution < -0.4 is 14.2 Å². The largest absolute Gasteiger partial charge is 0.464 e. The van der Waals surface area contributed by atoms with Gasteiger partial charge in [0.25, 0.3) is 0 Å². The van der Waals surface area contributed by atoms with Crippen molar-refractivity contribution in [2.24, 2.45) is 5.10 Å². The maximum atomic E-state index is 14.6. The SMILES string of the molecule is Fc1ccccc1[C@H]1Oc2ccccc2[C@H]2CC(c3ccc4c(c3)OCO4)=NN21. The third-order valence-corrected chi connectivity index (χ3v) is 5.58. The normalized spacial score (nSPS) is 21.3. The first-order valence-electron chi connectivity index (χ1n) is 9.54. The molecule has 0 spiro atoms. The lowest BCUT2D eigenvalue weighted by molar-refractivity contribution is -0.0212. The summed E-state index contributed by atoms with van der Waals surface area (Å²) in [5.74, 6) is 1.92. The van der Waals surface area contributed by atoms with Crippen molar-refractivity contribution in [3.63, 3.8) is 0 Å². The molecule has 3 aromatic carbocycles. The molecule has 0 amide bonds. The highest BCUT2D eigenvalue weighted by atomic mass is 19.1. The number of hydrogen-bond donors (Lipinski definition) is 0. The number of para-hydroxylation sites is 1. The number of hydrogen-bond acceptors (Lipinski definition) is 5. The third-order valence-electron chi connectivity index (χ3n) is 5.58. The Morgan fingerprint density at radius 3 is 2.55 bits per heavy atom. The van der Waals surface area contributed by atoms with Crippen molar-refractivity contribution >= 4 is 5.71 Å². The first kappa shape index (κ1) is 16.4. The average Bonchev–Trinajstić information content (AvgIpc) is 3.40. The van der Waals surface area contributed by atoms with Crippen molar-refractivity contribution in [3.8, 4) is 17.2 Å². The van der Waals surface area contributed by atoms with E-state index in [1.165, 1.54) is 6.07 Å². The molecule has 0 fully saturated rings. The van der Waals surface area contributed by atoms with E-state index in [2.05, 4.69) is 0 Å². The minimum atomic E-state index is -0.623. The van der Waals surface area contributed by atoms with E-state index >= 15 is 0 Å². The summed E-state index contributed by atoms with van der Waals surface area (Å²) in [7, 11) is 0. The number of rotatable bonds is 2. The van der Waals surface area contributed by atoms with Crippen LogP contribution in [0.2, 0.25) is 0 Å². The van der Waals surface area contributed by atoms with E-state index in [-0.39, 0.29) is 18.7 Å². The molecule has 6 rings (SSSR count). The Labute approximate surface area is 166 Å². The lowest BCUT2D eigenvalue weighted by Crippen LogP contribution is -2.34. The lowest BCUT2D eigenvalue weighted by atomic mass is 9.95. The van der Waals surface area contributed by atoms with Crippen LogP contribution in [0.15, 0.2) is 71.8 Å². The van der Waals surface area contributed by atoms with Crippen molar-refractivity contribution in [2.45, 2.75) is 18.7 Å². The van der Waals surface area contributed by atoms with Gasteiger partial charge in [0.05, 0.1) is 17.3 Å². The van der Waals surface area contributed by atoms with E-state index in [4.69, 9.17) is 19.3 Å². The molecule has 0 saturated heterocycles. The van der Waals surface area contributed by atoms with E-state index in [9.17, 15) is 4.39 Å². The maximum Gasteiger partial charge on any atom is 0.231 e. The molecule has 3 heterocycles. The van der Waals surface area contributed by atoms with Crippen LogP contribution in [0.25, 0.3) is 0 Å². The Morgan fingerprint density at radius 2 is 1.66 bits per heavy atom. The summed E-state index contributed by atoms with van der Waals surface area (Å²) >= 11 is 0. The maximum absolute atomic E-state index is 14.6. The topological polar surface area (TPSA) is 43.3 Å². The van der Waals surface area contributed by atoms with E-state index < -0.39 is 6.23 Å². The summed E-state index contributed by atoms with van der Waals surface area (Å²) < 4.78 is 31.7. The summed E-state index contributed by atoms with van der Waals surface area (Å²) in [4.78, 5) is 0. The van der Waals surface area contributed by atoms with Crippen molar-refractivity contribution in [3.05, 3.63) is 89.2 Å². The average molecular weight is 388 g/mol. The zero-order valence-corrected chi connectivity index (χ0v) is 15.4. The Hall–Kier alpha value is -3.54. The molecule has 3 aliphatic heterocycles. The molecule has 144 valence electrons. The Bertz CT molecular complexity index is 1150. The smallest absolute Gasteiger partial charge is 0.231 e. The van der Waals surface area contributed by atoms with Gasteiger partial charge in [0.1, 0.15) is 11.6 Å². The molecule has 2 atom stereocenters. The quantitative estimate of drug-likeness (QED) is 0.633. The van der Waals surface area contributed by atoms with Crippen LogP contribution >= 0.6 is 0 Å². The van der Waals surface area contributed by atoms with Gasteiger partial charge in [0, 0.05) is 17.5 Å². The van der Waals surface area contributed by atoms with Gasteiger partial charge in [0.15, 0.2) is 11.5 Å². The molecule has 5 nitrogen and oxygen atoms in total. The standard InChI is InChI=1S/C23H17FN2O3/c24-17-7-3-1-5-15(17)23-26-19(16-6-2-4-8-20(16)29-23)12-18(25-26)14-9-10-21-22(11-14)28-13-27-21/h1-11,19,23H,12-13H2/t19-,23-/m1/s1. The highest BCUT2D eigenvalue weighted by molar-refractivity contribution is 6.02. The molecule has 0 aliphatic carbocycles. The highest BCUT2D eigenvalue weighted by Gasteiger charge is 2.41. The predicted octanol–water partition coefficient (Wildman–Crippen LogP) is 4.80. The van der Waals surface area contributed by atoms with Crippen molar-refractivity contribution in [2.75, 3.05) is 6.79 Å². The van der Waals surface area contributed by atoms with Gasteiger partial charge in [-0.2, -0.15) is 5.10 Å². The Morgan fingerprint density at radius 1 is 0.862 bits per heavy atom. The molecular formula is C23H17FN2O3. The molecule has 6 heteroatoms. The Kier molecular flexibility index (Phi) is 3.53. The summed E-state index contributed by atoms with van der Waals surface area (Å²) in [6, 6.07) is 20.4. The summed E-state index contributed by atoms with van der Waals surface area (Å²) in [6.07, 6.45) is 0.0768. The second-order valence-corrected chi connectivity index (χ2v) is 7.24. The van der Waals surface area contributed by atoms with Crippen molar-refractivity contribution in [1.29, 1.82) is 0 Å². The number of nitrogens with zero attached hydrogens (tertiary/aromatic N) is 2. The number of ether oxygens (including phenoxy) is 3. The molecule has 0 saturated carbocycles. The zero-order chi connectivity index (χ0) is 19.4. The predicted molar refractivity (Wildman–Crippen MR) is 105 cm³/mol. The van der Waals surface area contributed by atoms with Gasteiger partial charge in [-0.05, 0) is 30.3 Å². The molecule has 3 aromatic rings. The molecular weight excluding hydrogens is 371 g/mol. The van der Waals surface area contributed by atoms with E-state index in [0.29, 0.717) is 12.0 Å². The molecule has 29 heavy (non-hydrogen) atoms. The van der Waals surface area contributed by atoms with Crippen LogP contribution in [0, 0.1) is 5.82 Å². The molecule has 0 unspecified atom stereocenters. The van der Waals surface area contributed by atoms with E-state index in [1.807, 2.05) is 53.5 Å². The third kappa shape index (κ3) is 2.56. The summed E-state index contributed by atoms with van der Waals surface area (Å²) in [6.45, 7) is 0.233. The van der Waals surface area contributed by atoms with E-state index in [0.717, 1.165) is 34.1 Å². The number of benzene rings is 3. The van der Waals surface area contributed by atoms with Crippen LogP contribution in [-0.2, 0) is 0 Å². The minimum absolute atomic E-state index is 0.0232. The molecule has 0 aromatic heterocycles. The summed E-state index contributed by atoms with van der Waals surface area (Å²) in [5.41, 5.74) is 3.41. The van der Waals surface area contributed by atoms with Gasteiger partial charge >= 0.3 is 0 Å². The second-order valence-electron chi connectivity index (χ2n) is 7.24. The molecule has 0 radical (unpaired) electrons. The molecule has 0 bridgehead atoms. The van der Waals surface area contributed by atoms with E-state index in [1.54, 1.807) is 12.1 Å². The van der Waals surface area contributed by atoms with Crippen LogP contribution in [0.1, 0.15) is 35.4 Å². The van der Waals surface area contributed by atoms with Crippen LogP contribution in [0.4, 0.5) is 4.39 Å². The number of fused-ring (bicyclic) bond motifs is 4. The molecule has 0 N–H and O–H groups in total. The van der Waals surface area contributed by atoms with Gasteiger partial charge in [-0.25, -0.2) is 9.40 Å². The van der Waals surface area contributed by atoms with Crippen molar-refractivity contribution in [1.82, 2.24) is 5.01 Å². The van der Waals surface area contributed by atoms with Gasteiger partial charge in [-0.15, -0.1) is 0 Å². The van der Waals surface area contributed by atoms with Crippen molar-refractivity contribution < 1.29 is 18.6 Å². The van der Waals surface area contributed by atoms with Gasteiger partial charge in [-0.1, -0.05) is 36.4 Å². The summed E-state index contributed by atoms with van der Waals surface area (Å²) in [5, 5.41) is 6.74. The fourth-order valence-electron chi connectivity index (χ4n) is 4.17. The van der Waals surface area contributed by atoms with Gasteiger partial charge < -0.3 is 14.2 Å². The van der Waals surface area contributed by atoms with Crippen LogP contribution in [0.5, 0.6) is 17.2 Å². The van der Waals surface area contributed by atoms with Gasteiger partial charge in [0.2, 0.25) is 13.0 Å². The van der Waals surface area contributed by atoms with Crippen LogP contribution in [0.3, 0.4) is 0 Å². The highest BCUT2D eigenvalue weighted by Crippen LogP contribution is 2.48. The molecule has 3 aliphatic rings. The Balaban J connectivity index is 1.45. The number of hydrazone groups is 1. The fourth-order valence-corrected chi connectivity index (χ4v) is 4.17. The fraction of sp³-hybridized carbons (Fsp3) is 0.174. The second kappa shape index (κ2) is 6.24. The van der Waals surface area contributed by atoms with Gasteiger partial charge in [-0.3, -0.25) is 0 Å². The monoisotopic (exact) mass is 388 g/mol. The lowest BCUT2D eigenvalue weighted by Gasteiger charge is -2.38. The first-order valence-corrected chi connectivity index (χ1v) is 9.54. The van der Waals surface area contributed by atoms with Crippen LogP contribution in [-0.4, -0.2) is 17.5 Å². The zero-order valence-electron chi connectivity index (χ0n) is 15.4. The first-order chi connectivity index (χ1) is 14.3.